The van der Waals surface area contributed by atoms with Gasteiger partial charge in [-0.1, -0.05) is 0 Å². The smallest absolute Gasteiger partial charge is 0.416 e. The predicted octanol–water partition coefficient (Wildman–Crippen LogP) is 4.69. The van der Waals surface area contributed by atoms with E-state index in [2.05, 4.69) is 9.72 Å². The van der Waals surface area contributed by atoms with Crippen molar-refractivity contribution in [3.05, 3.63) is 52.2 Å². The molecule has 0 aliphatic rings. The van der Waals surface area contributed by atoms with Crippen LogP contribution in [-0.4, -0.2) is 11.0 Å². The van der Waals surface area contributed by atoms with Crippen LogP contribution in [0.1, 0.15) is 38.8 Å². The number of hydrogen-bond acceptors (Lipinski definition) is 4. The molecule has 0 atom stereocenters. The number of aryl methyl sites for hydroxylation is 2. The average Bonchev–Trinajstić information content (AvgIpc) is 2.81. The van der Waals surface area contributed by atoms with E-state index in [9.17, 15) is 31.1 Å². The fourth-order valence-electron chi connectivity index (χ4n) is 1.88. The average molecular weight is 367 g/mol. The van der Waals surface area contributed by atoms with Crippen LogP contribution in [0.15, 0.2) is 22.6 Å². The number of halogens is 6. The Morgan fingerprint density at radius 1 is 1.04 bits per heavy atom. The molecule has 0 radical (unpaired) electrons. The molecule has 1 aromatic carbocycles. The zero-order chi connectivity index (χ0) is 19.0. The zero-order valence-corrected chi connectivity index (χ0v) is 12.9. The first-order valence-electron chi connectivity index (χ1n) is 6.77. The molecular formula is C15H11F6NO3. The Bertz CT molecular complexity index is 740. The normalized spacial score (nSPS) is 12.3. The van der Waals surface area contributed by atoms with Crippen molar-refractivity contribution >= 4 is 5.97 Å². The maximum Gasteiger partial charge on any atom is 0.416 e. The number of rotatable bonds is 3. The lowest BCUT2D eigenvalue weighted by Gasteiger charge is -2.13. The van der Waals surface area contributed by atoms with Crippen molar-refractivity contribution in [1.82, 2.24) is 4.98 Å². The van der Waals surface area contributed by atoms with Crippen molar-refractivity contribution in [3.63, 3.8) is 0 Å². The molecule has 0 spiro atoms. The number of oxazole rings is 1. The van der Waals surface area contributed by atoms with E-state index in [0.29, 0.717) is 23.6 Å². The molecule has 0 fully saturated rings. The summed E-state index contributed by atoms with van der Waals surface area (Å²) in [6.45, 7) is 2.69. The Morgan fingerprint density at radius 2 is 1.56 bits per heavy atom. The van der Waals surface area contributed by atoms with Gasteiger partial charge in [-0.05, 0) is 32.0 Å². The summed E-state index contributed by atoms with van der Waals surface area (Å²) in [5.41, 5.74) is -3.55. The van der Waals surface area contributed by atoms with E-state index in [1.807, 2.05) is 0 Å². The number of nitrogens with zero attached hydrogens (tertiary/aromatic N) is 1. The van der Waals surface area contributed by atoms with Gasteiger partial charge >= 0.3 is 18.3 Å². The number of hydrogen-bond donors (Lipinski definition) is 0. The summed E-state index contributed by atoms with van der Waals surface area (Å²) in [5.74, 6) is -0.930. The molecular weight excluding hydrogens is 356 g/mol. The van der Waals surface area contributed by atoms with E-state index in [-0.39, 0.29) is 12.0 Å². The van der Waals surface area contributed by atoms with Gasteiger partial charge in [0.1, 0.15) is 5.76 Å². The largest absolute Gasteiger partial charge is 0.452 e. The van der Waals surface area contributed by atoms with Gasteiger partial charge in [0.15, 0.2) is 6.61 Å². The molecule has 0 saturated carbocycles. The summed E-state index contributed by atoms with van der Waals surface area (Å²) in [4.78, 5) is 15.7. The number of aromatic nitrogens is 1. The van der Waals surface area contributed by atoms with Crippen molar-refractivity contribution in [2.75, 3.05) is 0 Å². The lowest BCUT2D eigenvalue weighted by Crippen LogP contribution is -2.14. The Morgan fingerprint density at radius 3 is 1.96 bits per heavy atom. The molecule has 0 aliphatic carbocycles. The Balaban J connectivity index is 2.28. The number of benzene rings is 1. The number of carbonyl (C=O) groups is 1. The van der Waals surface area contributed by atoms with Gasteiger partial charge in [-0.25, -0.2) is 9.78 Å². The van der Waals surface area contributed by atoms with Gasteiger partial charge in [0.05, 0.1) is 22.4 Å². The molecule has 136 valence electrons. The van der Waals surface area contributed by atoms with E-state index in [4.69, 9.17) is 4.42 Å². The molecule has 1 aromatic heterocycles. The molecule has 0 bridgehead atoms. The molecule has 2 rings (SSSR count). The number of ether oxygens (including phenoxy) is 1. The first kappa shape index (κ1) is 18.8. The lowest BCUT2D eigenvalue weighted by molar-refractivity contribution is -0.143. The van der Waals surface area contributed by atoms with E-state index in [1.54, 1.807) is 13.8 Å². The Kier molecular flexibility index (Phi) is 4.83. The molecule has 0 amide bonds. The van der Waals surface area contributed by atoms with Gasteiger partial charge in [-0.2, -0.15) is 26.3 Å². The Labute approximate surface area is 137 Å². The third kappa shape index (κ3) is 4.52. The lowest BCUT2D eigenvalue weighted by atomic mass is 10.0. The van der Waals surface area contributed by atoms with Crippen LogP contribution >= 0.6 is 0 Å². The van der Waals surface area contributed by atoms with Crippen LogP contribution in [-0.2, 0) is 23.7 Å². The second-order valence-corrected chi connectivity index (χ2v) is 5.12. The van der Waals surface area contributed by atoms with Crippen LogP contribution in [0.3, 0.4) is 0 Å². The highest BCUT2D eigenvalue weighted by Gasteiger charge is 2.37. The van der Waals surface area contributed by atoms with Crippen molar-refractivity contribution in [3.8, 4) is 0 Å². The first-order chi connectivity index (χ1) is 11.4. The third-order valence-electron chi connectivity index (χ3n) is 3.22. The van der Waals surface area contributed by atoms with Crippen LogP contribution in [0.25, 0.3) is 0 Å². The van der Waals surface area contributed by atoms with Crippen LogP contribution in [0.2, 0.25) is 0 Å². The maximum atomic E-state index is 12.8. The quantitative estimate of drug-likeness (QED) is 0.584. The first-order valence-corrected chi connectivity index (χ1v) is 6.77. The van der Waals surface area contributed by atoms with E-state index in [0.717, 1.165) is 0 Å². The van der Waals surface area contributed by atoms with E-state index >= 15 is 0 Å². The third-order valence-corrected chi connectivity index (χ3v) is 3.22. The van der Waals surface area contributed by atoms with Gasteiger partial charge in [-0.15, -0.1) is 0 Å². The van der Waals surface area contributed by atoms with Crippen molar-refractivity contribution < 1.29 is 40.3 Å². The summed E-state index contributed by atoms with van der Waals surface area (Å²) in [6.07, 6.45) is -10.1. The van der Waals surface area contributed by atoms with Gasteiger partial charge < -0.3 is 9.15 Å². The van der Waals surface area contributed by atoms with E-state index in [1.165, 1.54) is 0 Å². The van der Waals surface area contributed by atoms with Crippen molar-refractivity contribution in [1.29, 1.82) is 0 Å². The Hall–Kier alpha value is -2.52. The molecule has 4 nitrogen and oxygen atoms in total. The number of alkyl halides is 6. The summed E-state index contributed by atoms with van der Waals surface area (Å²) in [7, 11) is 0. The molecule has 0 saturated heterocycles. The van der Waals surface area contributed by atoms with Crippen molar-refractivity contribution in [2.45, 2.75) is 32.8 Å². The fraction of sp³-hybridized carbons (Fsp3) is 0.333. The zero-order valence-electron chi connectivity index (χ0n) is 12.9. The monoisotopic (exact) mass is 367 g/mol. The predicted molar refractivity (Wildman–Crippen MR) is 71.5 cm³/mol. The standard InChI is InChI=1S/C15H11F6NO3/c1-7-8(2)25-12(22-7)6-24-13(23)9-3-10(14(16,17)18)5-11(4-9)15(19,20)21/h3-5H,6H2,1-2H3. The van der Waals surface area contributed by atoms with Gasteiger partial charge in [0, 0.05) is 0 Å². The molecule has 2 aromatic rings. The highest BCUT2D eigenvalue weighted by atomic mass is 19.4. The van der Waals surface area contributed by atoms with Crippen LogP contribution in [0, 0.1) is 13.8 Å². The summed E-state index contributed by atoms with van der Waals surface area (Å²) >= 11 is 0. The minimum atomic E-state index is -5.05. The molecule has 0 N–H and O–H groups in total. The number of esters is 1. The second kappa shape index (κ2) is 6.41. The molecule has 1 heterocycles. The summed E-state index contributed by atoms with van der Waals surface area (Å²) in [6, 6.07) is 0.519. The van der Waals surface area contributed by atoms with Crippen LogP contribution in [0.4, 0.5) is 26.3 Å². The SMILES string of the molecule is Cc1nc(COC(=O)c2cc(C(F)(F)F)cc(C(F)(F)F)c2)oc1C. The molecule has 0 unspecified atom stereocenters. The second-order valence-electron chi connectivity index (χ2n) is 5.12. The maximum absolute atomic E-state index is 12.8. The molecule has 0 aliphatic heterocycles. The fourth-order valence-corrected chi connectivity index (χ4v) is 1.88. The van der Waals surface area contributed by atoms with Gasteiger partial charge in [0.2, 0.25) is 5.89 Å². The number of carbonyl (C=O) groups excluding carboxylic acids is 1. The highest BCUT2D eigenvalue weighted by Crippen LogP contribution is 2.36. The molecule has 25 heavy (non-hydrogen) atoms. The molecule has 10 heteroatoms. The van der Waals surface area contributed by atoms with Gasteiger partial charge in [-0.3, -0.25) is 0 Å². The minimum absolute atomic E-state index is 0.0219. The highest BCUT2D eigenvalue weighted by molar-refractivity contribution is 5.90. The van der Waals surface area contributed by atoms with Gasteiger partial charge in [0.25, 0.3) is 0 Å². The summed E-state index contributed by atoms with van der Waals surface area (Å²) < 4.78 is 86.3. The topological polar surface area (TPSA) is 52.3 Å². The minimum Gasteiger partial charge on any atom is -0.452 e. The van der Waals surface area contributed by atoms with Crippen LogP contribution in [0.5, 0.6) is 0 Å². The summed E-state index contributed by atoms with van der Waals surface area (Å²) in [5, 5.41) is 0. The van der Waals surface area contributed by atoms with Crippen molar-refractivity contribution in [2.24, 2.45) is 0 Å². The van der Waals surface area contributed by atoms with Crippen LogP contribution < -0.4 is 0 Å². The van der Waals surface area contributed by atoms with E-state index < -0.39 is 41.6 Å².